The number of ether oxygens (including phenoxy) is 2. The number of hydrogen-bond donors (Lipinski definition) is 4. The number of likely N-dealkylation sites (tertiary alicyclic amines) is 1. The van der Waals surface area contributed by atoms with E-state index in [-0.39, 0.29) is 25.0 Å². The van der Waals surface area contributed by atoms with Crippen molar-refractivity contribution in [2.75, 3.05) is 51.9 Å². The number of aromatic nitrogens is 2. The van der Waals surface area contributed by atoms with Gasteiger partial charge in [0.1, 0.15) is 24.1 Å². The minimum absolute atomic E-state index is 0.0423. The summed E-state index contributed by atoms with van der Waals surface area (Å²) in [7, 11) is 1.60. The number of carbonyl (C=O) groups excluding carboxylic acids is 1. The number of halogens is 2. The van der Waals surface area contributed by atoms with Gasteiger partial charge in [0.2, 0.25) is 5.88 Å². The third-order valence-corrected chi connectivity index (χ3v) is 6.35. The number of nitrogens with one attached hydrogen (secondary N) is 3. The van der Waals surface area contributed by atoms with Gasteiger partial charge in [0.15, 0.2) is 0 Å². The molecule has 1 saturated heterocycles. The number of nitrogens with zero attached hydrogens (tertiary/aromatic N) is 2. The van der Waals surface area contributed by atoms with Gasteiger partial charge in [-0.3, -0.25) is 15.3 Å². The molecule has 2 aromatic carbocycles. The highest BCUT2D eigenvalue weighted by molar-refractivity contribution is 5.95. The van der Waals surface area contributed by atoms with Gasteiger partial charge in [0, 0.05) is 38.7 Å². The van der Waals surface area contributed by atoms with Crippen LogP contribution in [0, 0.1) is 18.6 Å². The minimum Gasteiger partial charge on any atom is -0.474 e. The van der Waals surface area contributed by atoms with Crippen LogP contribution >= 0.6 is 0 Å². The lowest BCUT2D eigenvalue weighted by molar-refractivity contribution is 0.159. The van der Waals surface area contributed by atoms with Crippen LogP contribution in [0.5, 0.6) is 5.88 Å². The van der Waals surface area contributed by atoms with Gasteiger partial charge in [0.05, 0.1) is 24.8 Å². The Morgan fingerprint density at radius 1 is 1.19 bits per heavy atom. The number of anilines is 1. The first-order chi connectivity index (χ1) is 17.9. The molecule has 1 aliphatic heterocycles. The van der Waals surface area contributed by atoms with Crippen LogP contribution in [0.4, 0.5) is 19.4 Å². The van der Waals surface area contributed by atoms with Crippen molar-refractivity contribution in [1.29, 1.82) is 0 Å². The smallest absolute Gasteiger partial charge is 0.320 e. The lowest BCUT2D eigenvalue weighted by Crippen LogP contribution is -2.42. The van der Waals surface area contributed by atoms with Crippen molar-refractivity contribution in [2.45, 2.75) is 18.9 Å². The number of urea groups is 1. The predicted molar refractivity (Wildman–Crippen MR) is 135 cm³/mol. The van der Waals surface area contributed by atoms with Gasteiger partial charge >= 0.3 is 6.03 Å². The Kier molecular flexibility index (Phi) is 8.70. The first kappa shape index (κ1) is 26.5. The zero-order chi connectivity index (χ0) is 26.4. The molecule has 0 saturated carbocycles. The highest BCUT2D eigenvalue weighted by Gasteiger charge is 2.35. The van der Waals surface area contributed by atoms with Crippen LogP contribution in [0.25, 0.3) is 11.1 Å². The molecule has 2 amide bonds. The highest BCUT2D eigenvalue weighted by Crippen LogP contribution is 2.37. The Labute approximate surface area is 213 Å². The zero-order valence-electron chi connectivity index (χ0n) is 20.8. The fourth-order valence-electron chi connectivity index (χ4n) is 4.65. The molecule has 11 heteroatoms. The number of methoxy groups -OCH3 is 1. The lowest BCUT2D eigenvalue weighted by atomic mass is 9.94. The molecular weight excluding hydrogens is 484 g/mol. The molecule has 2 heterocycles. The van der Waals surface area contributed by atoms with E-state index in [0.29, 0.717) is 43.2 Å². The second-order valence-corrected chi connectivity index (χ2v) is 8.93. The number of aryl methyl sites for hydroxylation is 1. The van der Waals surface area contributed by atoms with Crippen molar-refractivity contribution < 1.29 is 28.2 Å². The maximum absolute atomic E-state index is 14.0. The molecule has 198 valence electrons. The number of hydrogen-bond acceptors (Lipinski definition) is 6. The summed E-state index contributed by atoms with van der Waals surface area (Å²) in [5.41, 5.74) is 2.78. The summed E-state index contributed by atoms with van der Waals surface area (Å²) in [5, 5.41) is 21.9. The standard InChI is InChI=1S/C26H31F2N5O4/c1-16-5-3-4-6-20(16)23-24(31-32-25(23)37-10-8-34)30-26(35)29-22-15-33(7-9-36-2)14-21(22)17-11-18(27)13-19(28)12-17/h3-6,11-13,21-22,34H,7-10,14-15H2,1-2H3,(H3,29,30,31,32,35)/t21-,22+/m0/s1. The lowest BCUT2D eigenvalue weighted by Gasteiger charge is -2.21. The molecule has 0 spiro atoms. The summed E-state index contributed by atoms with van der Waals surface area (Å²) in [4.78, 5) is 15.2. The van der Waals surface area contributed by atoms with E-state index < -0.39 is 23.7 Å². The number of aromatic amines is 1. The molecule has 4 N–H and O–H groups in total. The van der Waals surface area contributed by atoms with Crippen LogP contribution in [-0.4, -0.2) is 78.8 Å². The van der Waals surface area contributed by atoms with Crippen LogP contribution in [0.3, 0.4) is 0 Å². The van der Waals surface area contributed by atoms with E-state index in [1.54, 1.807) is 7.11 Å². The quantitative estimate of drug-likeness (QED) is 0.330. The molecule has 37 heavy (non-hydrogen) atoms. The van der Waals surface area contributed by atoms with Crippen molar-refractivity contribution in [3.63, 3.8) is 0 Å². The monoisotopic (exact) mass is 515 g/mol. The molecule has 4 rings (SSSR count). The average Bonchev–Trinajstić information content (AvgIpc) is 3.44. The average molecular weight is 516 g/mol. The molecule has 2 atom stereocenters. The third kappa shape index (κ3) is 6.43. The van der Waals surface area contributed by atoms with E-state index in [0.717, 1.165) is 17.2 Å². The molecule has 3 aromatic rings. The maximum atomic E-state index is 14.0. The number of H-pyrrole nitrogens is 1. The second-order valence-electron chi connectivity index (χ2n) is 8.93. The summed E-state index contributed by atoms with van der Waals surface area (Å²) in [6, 6.07) is 10.1. The number of rotatable bonds is 10. The topological polar surface area (TPSA) is 112 Å². The first-order valence-corrected chi connectivity index (χ1v) is 12.0. The summed E-state index contributed by atoms with van der Waals surface area (Å²) >= 11 is 0. The summed E-state index contributed by atoms with van der Waals surface area (Å²) < 4.78 is 38.7. The molecular formula is C26H31F2N5O4. The Bertz CT molecular complexity index is 1200. The number of aliphatic hydroxyl groups excluding tert-OH is 1. The van der Waals surface area contributed by atoms with Crippen molar-refractivity contribution in [3.8, 4) is 17.0 Å². The van der Waals surface area contributed by atoms with E-state index in [1.165, 1.54) is 12.1 Å². The molecule has 1 fully saturated rings. The van der Waals surface area contributed by atoms with E-state index >= 15 is 0 Å². The normalized spacial score (nSPS) is 17.6. The molecule has 0 bridgehead atoms. The van der Waals surface area contributed by atoms with E-state index in [1.807, 2.05) is 31.2 Å². The van der Waals surface area contributed by atoms with Crippen molar-refractivity contribution >= 4 is 11.8 Å². The highest BCUT2D eigenvalue weighted by atomic mass is 19.1. The van der Waals surface area contributed by atoms with Gasteiger partial charge in [-0.1, -0.05) is 24.3 Å². The van der Waals surface area contributed by atoms with Gasteiger partial charge < -0.3 is 19.9 Å². The minimum atomic E-state index is -0.663. The van der Waals surface area contributed by atoms with Gasteiger partial charge in [-0.15, -0.1) is 5.10 Å². The first-order valence-electron chi connectivity index (χ1n) is 12.0. The Morgan fingerprint density at radius 2 is 1.95 bits per heavy atom. The predicted octanol–water partition coefficient (Wildman–Crippen LogP) is 3.27. The Morgan fingerprint density at radius 3 is 2.65 bits per heavy atom. The van der Waals surface area contributed by atoms with Crippen LogP contribution in [0.1, 0.15) is 17.0 Å². The van der Waals surface area contributed by atoms with Crippen molar-refractivity contribution in [2.24, 2.45) is 0 Å². The van der Waals surface area contributed by atoms with E-state index in [4.69, 9.17) is 9.47 Å². The van der Waals surface area contributed by atoms with Crippen molar-refractivity contribution in [1.82, 2.24) is 20.4 Å². The summed E-state index contributed by atoms with van der Waals surface area (Å²) in [5.74, 6) is -1.08. The van der Waals surface area contributed by atoms with Crippen LogP contribution < -0.4 is 15.4 Å². The summed E-state index contributed by atoms with van der Waals surface area (Å²) in [6.45, 7) is 3.89. The number of carbonyl (C=O) groups is 1. The van der Waals surface area contributed by atoms with Gasteiger partial charge in [-0.2, -0.15) is 0 Å². The van der Waals surface area contributed by atoms with Crippen molar-refractivity contribution in [3.05, 3.63) is 65.2 Å². The van der Waals surface area contributed by atoms with Gasteiger partial charge in [-0.05, 0) is 35.7 Å². The second kappa shape index (κ2) is 12.1. The molecule has 1 aromatic heterocycles. The maximum Gasteiger partial charge on any atom is 0.320 e. The molecule has 9 nitrogen and oxygen atoms in total. The van der Waals surface area contributed by atoms with E-state index in [2.05, 4.69) is 25.7 Å². The number of amides is 2. The van der Waals surface area contributed by atoms with E-state index in [9.17, 15) is 18.7 Å². The van der Waals surface area contributed by atoms with Gasteiger partial charge in [0.25, 0.3) is 0 Å². The van der Waals surface area contributed by atoms with Gasteiger partial charge in [-0.25, -0.2) is 13.6 Å². The molecule has 0 radical (unpaired) electrons. The fourth-order valence-corrected chi connectivity index (χ4v) is 4.65. The largest absolute Gasteiger partial charge is 0.474 e. The van der Waals surface area contributed by atoms with Crippen LogP contribution in [-0.2, 0) is 4.74 Å². The fraction of sp³-hybridized carbons (Fsp3) is 0.385. The molecule has 0 unspecified atom stereocenters. The molecule has 1 aliphatic rings. The number of aliphatic hydroxyl groups is 1. The summed E-state index contributed by atoms with van der Waals surface area (Å²) in [6.07, 6.45) is 0. The SMILES string of the molecule is COCCN1C[C@@H](NC(=O)Nc2[nH]nc(OCCO)c2-c2ccccc2C)[C@H](c2cc(F)cc(F)c2)C1. The molecule has 0 aliphatic carbocycles. The zero-order valence-corrected chi connectivity index (χ0v) is 20.8. The van der Waals surface area contributed by atoms with Crippen LogP contribution in [0.2, 0.25) is 0 Å². The Hall–Kier alpha value is -3.54. The third-order valence-electron chi connectivity index (χ3n) is 6.35. The Balaban J connectivity index is 1.56. The van der Waals surface area contributed by atoms with Crippen LogP contribution in [0.15, 0.2) is 42.5 Å². The number of benzene rings is 2.